The number of hydrogen-bond acceptors (Lipinski definition) is 5. The van der Waals surface area contributed by atoms with E-state index in [1.165, 1.54) is 5.56 Å². The van der Waals surface area contributed by atoms with Gasteiger partial charge < -0.3 is 20.3 Å². The van der Waals surface area contributed by atoms with E-state index in [4.69, 9.17) is 4.74 Å². The zero-order chi connectivity index (χ0) is 19.9. The van der Waals surface area contributed by atoms with Gasteiger partial charge in [0.25, 0.3) is 5.69 Å². The molecule has 0 unspecified atom stereocenters. The van der Waals surface area contributed by atoms with Crippen molar-refractivity contribution >= 4 is 17.1 Å². The number of rotatable bonds is 8. The van der Waals surface area contributed by atoms with Gasteiger partial charge in [-0.1, -0.05) is 19.1 Å². The van der Waals surface area contributed by atoms with Gasteiger partial charge in [0.15, 0.2) is 0 Å². The third-order valence-electron chi connectivity index (χ3n) is 5.04. The number of aryl methyl sites for hydroxylation is 1. The highest BCUT2D eigenvalue weighted by Crippen LogP contribution is 2.29. The fourth-order valence-corrected chi connectivity index (χ4v) is 3.46. The maximum absolute atomic E-state index is 11.4. The summed E-state index contributed by atoms with van der Waals surface area (Å²) in [6.07, 6.45) is 0.996. The number of piperazine rings is 1. The van der Waals surface area contributed by atoms with Crippen molar-refractivity contribution in [1.82, 2.24) is 0 Å². The lowest BCUT2D eigenvalue weighted by Gasteiger charge is -2.31. The van der Waals surface area contributed by atoms with E-state index >= 15 is 0 Å². The second-order valence-electron chi connectivity index (χ2n) is 7.18. The van der Waals surface area contributed by atoms with Crippen molar-refractivity contribution in [2.24, 2.45) is 0 Å². The number of nitrogens with one attached hydrogen (secondary N) is 1. The van der Waals surface area contributed by atoms with Crippen LogP contribution in [0.25, 0.3) is 0 Å². The summed E-state index contributed by atoms with van der Waals surface area (Å²) in [5.74, 6) is 0.806. The minimum Gasteiger partial charge on any atom is -0.492 e. The Balaban J connectivity index is 1.62. The lowest BCUT2D eigenvalue weighted by molar-refractivity contribution is -0.687. The third-order valence-corrected chi connectivity index (χ3v) is 5.04. The van der Waals surface area contributed by atoms with E-state index in [9.17, 15) is 10.1 Å². The molecular formula is C21H29N4O3+. The highest BCUT2D eigenvalue weighted by atomic mass is 16.6. The average molecular weight is 385 g/mol. The number of ether oxygens (including phenoxy) is 1. The Bertz CT molecular complexity index is 795. The number of quaternary nitrogens is 1. The van der Waals surface area contributed by atoms with Gasteiger partial charge in [-0.05, 0) is 43.2 Å². The Labute approximate surface area is 165 Å². The molecule has 0 saturated carbocycles. The minimum absolute atomic E-state index is 0.0904. The van der Waals surface area contributed by atoms with Crippen molar-refractivity contribution in [3.05, 3.63) is 58.1 Å². The number of anilines is 2. The van der Waals surface area contributed by atoms with Crippen LogP contribution in [0.3, 0.4) is 0 Å². The summed E-state index contributed by atoms with van der Waals surface area (Å²) in [5, 5.41) is 16.9. The molecule has 2 aromatic carbocycles. The predicted octanol–water partition coefficient (Wildman–Crippen LogP) is 2.42. The van der Waals surface area contributed by atoms with Gasteiger partial charge in [0.05, 0.1) is 24.6 Å². The lowest BCUT2D eigenvalue weighted by atomic mass is 10.1. The normalized spacial score (nSPS) is 16.6. The van der Waals surface area contributed by atoms with Gasteiger partial charge in [0.2, 0.25) is 0 Å². The zero-order valence-electron chi connectivity index (χ0n) is 16.6. The number of nitro groups is 1. The molecule has 1 fully saturated rings. The average Bonchev–Trinajstić information content (AvgIpc) is 2.71. The smallest absolute Gasteiger partial charge is 0.292 e. The van der Waals surface area contributed by atoms with Crippen molar-refractivity contribution in [1.29, 1.82) is 0 Å². The van der Waals surface area contributed by atoms with Crippen molar-refractivity contribution in [2.45, 2.75) is 26.3 Å². The van der Waals surface area contributed by atoms with E-state index in [0.29, 0.717) is 24.9 Å². The van der Waals surface area contributed by atoms with Crippen LogP contribution in [0.5, 0.6) is 5.75 Å². The topological polar surface area (TPSA) is 84.2 Å². The molecule has 1 aliphatic heterocycles. The fourth-order valence-electron chi connectivity index (χ4n) is 3.46. The molecule has 1 heterocycles. The number of nitrogens with zero attached hydrogens (tertiary/aromatic N) is 2. The fraction of sp³-hybridized carbons (Fsp3) is 0.429. The molecule has 3 rings (SSSR count). The molecule has 2 aromatic rings. The first-order chi connectivity index (χ1) is 13.6. The van der Waals surface area contributed by atoms with Crippen LogP contribution in [-0.4, -0.2) is 43.8 Å². The maximum atomic E-state index is 11.4. The SMILES string of the molecule is CCc1ccc(OCCNc2cc(N3CC[NH2+][C@H](C)C3)ccc2[N+](=O)[O-])cc1. The molecule has 0 radical (unpaired) electrons. The largest absolute Gasteiger partial charge is 0.492 e. The van der Waals surface area contributed by atoms with Gasteiger partial charge in [-0.15, -0.1) is 0 Å². The molecule has 7 heteroatoms. The summed E-state index contributed by atoms with van der Waals surface area (Å²) in [5.41, 5.74) is 2.91. The molecule has 150 valence electrons. The second kappa shape index (κ2) is 9.41. The molecule has 1 aliphatic rings. The van der Waals surface area contributed by atoms with E-state index in [-0.39, 0.29) is 10.6 Å². The van der Waals surface area contributed by atoms with Crippen LogP contribution in [0.15, 0.2) is 42.5 Å². The third kappa shape index (κ3) is 5.13. The first kappa shape index (κ1) is 19.9. The van der Waals surface area contributed by atoms with Crippen LogP contribution >= 0.6 is 0 Å². The maximum Gasteiger partial charge on any atom is 0.292 e. The highest BCUT2D eigenvalue weighted by Gasteiger charge is 2.21. The standard InChI is InChI=1S/C21H28N4O3/c1-3-17-4-7-19(8-5-17)28-13-11-23-20-14-18(6-9-21(20)25(26)27)24-12-10-22-16(2)15-24/h4-9,14,16,22-23H,3,10-13,15H2,1-2H3/p+1/t16-/m1/s1. The summed E-state index contributed by atoms with van der Waals surface area (Å²) < 4.78 is 5.74. The van der Waals surface area contributed by atoms with Crippen molar-refractivity contribution in [2.75, 3.05) is 43.0 Å². The molecular weight excluding hydrogens is 356 g/mol. The lowest BCUT2D eigenvalue weighted by Crippen LogP contribution is -2.94. The van der Waals surface area contributed by atoms with E-state index in [1.807, 2.05) is 36.4 Å². The van der Waals surface area contributed by atoms with Gasteiger partial charge in [0.1, 0.15) is 24.1 Å². The monoisotopic (exact) mass is 385 g/mol. The molecule has 1 saturated heterocycles. The van der Waals surface area contributed by atoms with Crippen molar-refractivity contribution < 1.29 is 15.0 Å². The van der Waals surface area contributed by atoms with Gasteiger partial charge in [-0.3, -0.25) is 10.1 Å². The van der Waals surface area contributed by atoms with Crippen LogP contribution in [-0.2, 0) is 6.42 Å². The van der Waals surface area contributed by atoms with E-state index < -0.39 is 0 Å². The van der Waals surface area contributed by atoms with Crippen LogP contribution in [0, 0.1) is 10.1 Å². The van der Waals surface area contributed by atoms with Crippen molar-refractivity contribution in [3.8, 4) is 5.75 Å². The number of benzene rings is 2. The van der Waals surface area contributed by atoms with Crippen LogP contribution < -0.4 is 20.3 Å². The quantitative estimate of drug-likeness (QED) is 0.414. The molecule has 0 aliphatic carbocycles. The van der Waals surface area contributed by atoms with Crippen LogP contribution in [0.1, 0.15) is 19.4 Å². The first-order valence-electron chi connectivity index (χ1n) is 9.89. The highest BCUT2D eigenvalue weighted by molar-refractivity contribution is 5.69. The Kier molecular flexibility index (Phi) is 6.71. The first-order valence-corrected chi connectivity index (χ1v) is 9.89. The van der Waals surface area contributed by atoms with E-state index in [2.05, 4.69) is 29.4 Å². The van der Waals surface area contributed by atoms with E-state index in [0.717, 1.165) is 37.5 Å². The summed E-state index contributed by atoms with van der Waals surface area (Å²) in [4.78, 5) is 13.3. The summed E-state index contributed by atoms with van der Waals surface area (Å²) in [6, 6.07) is 13.8. The van der Waals surface area contributed by atoms with E-state index in [1.54, 1.807) is 6.07 Å². The summed E-state index contributed by atoms with van der Waals surface area (Å²) >= 11 is 0. The Morgan fingerprint density at radius 2 is 2.07 bits per heavy atom. The molecule has 0 amide bonds. The number of nitro benzene ring substituents is 1. The number of nitrogens with two attached hydrogens (primary N) is 1. The van der Waals surface area contributed by atoms with Gasteiger partial charge in [-0.25, -0.2) is 0 Å². The predicted molar refractivity (Wildman–Crippen MR) is 111 cm³/mol. The molecule has 28 heavy (non-hydrogen) atoms. The van der Waals surface area contributed by atoms with Gasteiger partial charge >= 0.3 is 0 Å². The van der Waals surface area contributed by atoms with Crippen LogP contribution in [0.4, 0.5) is 17.1 Å². The Morgan fingerprint density at radius 3 is 2.75 bits per heavy atom. The molecule has 0 spiro atoms. The second-order valence-corrected chi connectivity index (χ2v) is 7.18. The molecule has 3 N–H and O–H groups in total. The summed E-state index contributed by atoms with van der Waals surface area (Å²) in [7, 11) is 0. The molecule has 7 nitrogen and oxygen atoms in total. The number of hydrogen-bond donors (Lipinski definition) is 2. The van der Waals surface area contributed by atoms with Crippen LogP contribution in [0.2, 0.25) is 0 Å². The minimum atomic E-state index is -0.344. The Morgan fingerprint density at radius 1 is 1.29 bits per heavy atom. The Hall–Kier alpha value is -2.80. The molecule has 1 atom stereocenters. The zero-order valence-corrected chi connectivity index (χ0v) is 16.6. The van der Waals surface area contributed by atoms with Crippen molar-refractivity contribution in [3.63, 3.8) is 0 Å². The molecule has 0 aromatic heterocycles. The summed E-state index contributed by atoms with van der Waals surface area (Å²) in [6.45, 7) is 8.15. The van der Waals surface area contributed by atoms with Gasteiger partial charge in [-0.2, -0.15) is 0 Å². The molecule has 0 bridgehead atoms. The van der Waals surface area contributed by atoms with Gasteiger partial charge in [0, 0.05) is 18.3 Å².